The number of anilines is 1. The Balaban J connectivity index is 1.52. The number of methoxy groups -OCH3 is 1. The van der Waals surface area contributed by atoms with Crippen molar-refractivity contribution in [3.05, 3.63) is 60.8 Å². The Labute approximate surface area is 180 Å². The van der Waals surface area contributed by atoms with Crippen LogP contribution in [-0.2, 0) is 16.6 Å². The highest BCUT2D eigenvalue weighted by atomic mass is 32.2. The predicted octanol–water partition coefficient (Wildman–Crippen LogP) is 3.28. The first kappa shape index (κ1) is 21.4. The number of likely N-dealkylation sites (N-methyl/N-ethyl adjacent to an activating group) is 1. The van der Waals surface area contributed by atoms with E-state index < -0.39 is 0 Å². The van der Waals surface area contributed by atoms with E-state index >= 15 is 0 Å². The van der Waals surface area contributed by atoms with E-state index in [2.05, 4.69) is 10.3 Å². The number of hydrogen-bond donors (Lipinski definition) is 1. The fraction of sp³-hybridized carbons (Fsp3) is 0.227. The summed E-state index contributed by atoms with van der Waals surface area (Å²) >= 11 is 1.35. The lowest BCUT2D eigenvalue weighted by Crippen LogP contribution is -2.36. The highest BCUT2D eigenvalue weighted by Gasteiger charge is 2.16. The quantitative estimate of drug-likeness (QED) is 0.562. The minimum Gasteiger partial charge on any atom is -0.497 e. The maximum absolute atomic E-state index is 12.5. The molecule has 0 bridgehead atoms. The first-order valence-corrected chi connectivity index (χ1v) is 10.3. The molecule has 2 aromatic carbocycles. The number of amides is 2. The number of thioether (sulfide) groups is 1. The maximum atomic E-state index is 12.5. The van der Waals surface area contributed by atoms with Crippen LogP contribution in [0.5, 0.6) is 5.75 Å². The molecule has 1 N–H and O–H groups in total. The molecule has 1 heterocycles. The topological polar surface area (TPSA) is 76.5 Å². The Hall–Kier alpha value is -3.26. The summed E-state index contributed by atoms with van der Waals surface area (Å²) < 4.78 is 7.10. The molecule has 30 heavy (non-hydrogen) atoms. The van der Waals surface area contributed by atoms with E-state index in [4.69, 9.17) is 4.74 Å². The molecule has 0 saturated heterocycles. The van der Waals surface area contributed by atoms with Crippen LogP contribution < -0.4 is 10.1 Å². The molecule has 1 aromatic heterocycles. The highest BCUT2D eigenvalue weighted by molar-refractivity contribution is 7.99. The first-order chi connectivity index (χ1) is 14.5. The van der Waals surface area contributed by atoms with Gasteiger partial charge >= 0.3 is 0 Å². The zero-order chi connectivity index (χ0) is 21.5. The van der Waals surface area contributed by atoms with Crippen molar-refractivity contribution in [2.45, 2.75) is 5.16 Å². The molecule has 0 aliphatic rings. The van der Waals surface area contributed by atoms with Crippen LogP contribution in [-0.4, -0.2) is 52.7 Å². The standard InChI is InChI=1S/C22H24N4O3S/c1-25(14-20(27)24-17-10-7-11-18(12-17)29-3)21(28)15-30-22-23-13-19(26(22)2)16-8-5-4-6-9-16/h4-13H,14-15H2,1-3H3,(H,24,27). The van der Waals surface area contributed by atoms with Gasteiger partial charge in [0.15, 0.2) is 5.16 Å². The third kappa shape index (κ3) is 5.42. The molecule has 0 spiro atoms. The fourth-order valence-corrected chi connectivity index (χ4v) is 3.74. The summed E-state index contributed by atoms with van der Waals surface area (Å²) in [5, 5.41) is 3.52. The molecule has 0 radical (unpaired) electrons. The number of carbonyl (C=O) groups is 2. The zero-order valence-electron chi connectivity index (χ0n) is 17.2. The third-order valence-corrected chi connectivity index (χ3v) is 5.53. The van der Waals surface area contributed by atoms with Gasteiger partial charge in [0.1, 0.15) is 5.75 Å². The van der Waals surface area contributed by atoms with Gasteiger partial charge in [-0.2, -0.15) is 0 Å². The highest BCUT2D eigenvalue weighted by Crippen LogP contribution is 2.24. The summed E-state index contributed by atoms with van der Waals surface area (Å²) in [6.45, 7) is -0.0353. The van der Waals surface area contributed by atoms with Gasteiger partial charge in [0.05, 0.1) is 31.3 Å². The van der Waals surface area contributed by atoms with Gasteiger partial charge in [-0.1, -0.05) is 48.2 Å². The molecule has 0 unspecified atom stereocenters. The Morgan fingerprint density at radius 1 is 1.17 bits per heavy atom. The number of hydrogen-bond acceptors (Lipinski definition) is 5. The molecule has 0 aliphatic heterocycles. The van der Waals surface area contributed by atoms with Gasteiger partial charge in [-0.05, 0) is 17.7 Å². The molecule has 3 aromatic rings. The van der Waals surface area contributed by atoms with Crippen molar-refractivity contribution in [3.8, 4) is 17.0 Å². The fourth-order valence-electron chi connectivity index (χ4n) is 2.85. The maximum Gasteiger partial charge on any atom is 0.243 e. The number of nitrogens with one attached hydrogen (secondary N) is 1. The molecule has 0 saturated carbocycles. The van der Waals surface area contributed by atoms with Crippen LogP contribution in [0.4, 0.5) is 5.69 Å². The van der Waals surface area contributed by atoms with Crippen LogP contribution in [0.2, 0.25) is 0 Å². The van der Waals surface area contributed by atoms with Crippen LogP contribution in [0, 0.1) is 0 Å². The number of nitrogens with zero attached hydrogens (tertiary/aromatic N) is 3. The van der Waals surface area contributed by atoms with Crippen LogP contribution in [0.1, 0.15) is 0 Å². The predicted molar refractivity (Wildman–Crippen MR) is 119 cm³/mol. The van der Waals surface area contributed by atoms with Crippen molar-refractivity contribution in [2.24, 2.45) is 7.05 Å². The SMILES string of the molecule is COc1cccc(NC(=O)CN(C)C(=O)CSc2ncc(-c3ccccc3)n2C)c1. The molecule has 0 fully saturated rings. The van der Waals surface area contributed by atoms with Crippen LogP contribution >= 0.6 is 11.8 Å². The van der Waals surface area contributed by atoms with Crippen molar-refractivity contribution in [2.75, 3.05) is 31.8 Å². The molecule has 156 valence electrons. The molecule has 0 atom stereocenters. The Morgan fingerprint density at radius 3 is 2.67 bits per heavy atom. The van der Waals surface area contributed by atoms with E-state index in [0.717, 1.165) is 16.4 Å². The lowest BCUT2D eigenvalue weighted by Gasteiger charge is -2.17. The summed E-state index contributed by atoms with van der Waals surface area (Å²) in [4.78, 5) is 30.5. The molecular formula is C22H24N4O3S. The number of imidazole rings is 1. The molecule has 0 aliphatic carbocycles. The number of ether oxygens (including phenoxy) is 1. The summed E-state index contributed by atoms with van der Waals surface area (Å²) in [5.74, 6) is 0.429. The van der Waals surface area contributed by atoms with Crippen molar-refractivity contribution in [3.63, 3.8) is 0 Å². The third-order valence-electron chi connectivity index (χ3n) is 4.50. The molecular weight excluding hydrogens is 400 g/mol. The van der Waals surface area contributed by atoms with Gasteiger partial charge < -0.3 is 19.5 Å². The van der Waals surface area contributed by atoms with E-state index in [-0.39, 0.29) is 24.1 Å². The van der Waals surface area contributed by atoms with Crippen LogP contribution in [0.15, 0.2) is 66.0 Å². The minimum atomic E-state index is -0.271. The average Bonchev–Trinajstić information content (AvgIpc) is 3.12. The average molecular weight is 425 g/mol. The second-order valence-corrected chi connectivity index (χ2v) is 7.61. The number of rotatable bonds is 8. The largest absolute Gasteiger partial charge is 0.497 e. The molecule has 7 nitrogen and oxygen atoms in total. The lowest BCUT2D eigenvalue weighted by atomic mass is 10.2. The lowest BCUT2D eigenvalue weighted by molar-refractivity contribution is -0.131. The summed E-state index contributed by atoms with van der Waals surface area (Å²) in [5.41, 5.74) is 2.67. The Morgan fingerprint density at radius 2 is 1.93 bits per heavy atom. The number of benzene rings is 2. The van der Waals surface area contributed by atoms with Gasteiger partial charge in [0, 0.05) is 25.8 Å². The van der Waals surface area contributed by atoms with Crippen molar-refractivity contribution in [1.29, 1.82) is 0 Å². The van der Waals surface area contributed by atoms with Crippen molar-refractivity contribution >= 4 is 29.3 Å². The van der Waals surface area contributed by atoms with E-state index in [9.17, 15) is 9.59 Å². The smallest absolute Gasteiger partial charge is 0.243 e. The Bertz CT molecular complexity index is 1020. The molecule has 8 heteroatoms. The van der Waals surface area contributed by atoms with Crippen LogP contribution in [0.3, 0.4) is 0 Å². The monoisotopic (exact) mass is 424 g/mol. The Kier molecular flexibility index (Phi) is 7.13. The molecule has 3 rings (SSSR count). The van der Waals surface area contributed by atoms with Gasteiger partial charge in [0.2, 0.25) is 11.8 Å². The summed E-state index contributed by atoms with van der Waals surface area (Å²) in [6, 6.07) is 17.0. The van der Waals surface area contributed by atoms with E-state index in [1.54, 1.807) is 44.6 Å². The van der Waals surface area contributed by atoms with Crippen molar-refractivity contribution in [1.82, 2.24) is 14.5 Å². The second-order valence-electron chi connectivity index (χ2n) is 6.67. The number of aromatic nitrogens is 2. The van der Waals surface area contributed by atoms with Gasteiger partial charge in [0.25, 0.3) is 0 Å². The van der Waals surface area contributed by atoms with Gasteiger partial charge in [-0.3, -0.25) is 9.59 Å². The number of carbonyl (C=O) groups excluding carboxylic acids is 2. The normalized spacial score (nSPS) is 10.5. The van der Waals surface area contributed by atoms with Crippen LogP contribution in [0.25, 0.3) is 11.3 Å². The van der Waals surface area contributed by atoms with E-state index in [1.807, 2.05) is 41.9 Å². The van der Waals surface area contributed by atoms with Gasteiger partial charge in [-0.15, -0.1) is 0 Å². The van der Waals surface area contributed by atoms with E-state index in [0.29, 0.717) is 11.4 Å². The first-order valence-electron chi connectivity index (χ1n) is 9.35. The zero-order valence-corrected chi connectivity index (χ0v) is 18.0. The minimum absolute atomic E-state index is 0.0353. The van der Waals surface area contributed by atoms with E-state index in [1.165, 1.54) is 16.7 Å². The molecule has 2 amide bonds. The summed E-state index contributed by atoms with van der Waals surface area (Å²) in [6.07, 6.45) is 1.80. The second kappa shape index (κ2) is 9.98. The van der Waals surface area contributed by atoms with Crippen molar-refractivity contribution < 1.29 is 14.3 Å². The van der Waals surface area contributed by atoms with Gasteiger partial charge in [-0.25, -0.2) is 4.98 Å². The summed E-state index contributed by atoms with van der Waals surface area (Å²) in [7, 11) is 5.10.